The fraction of sp³-hybridized carbons (Fsp3) is 0. The van der Waals surface area contributed by atoms with E-state index in [1.165, 1.54) is 10.8 Å². The van der Waals surface area contributed by atoms with Crippen molar-refractivity contribution in [1.29, 1.82) is 5.41 Å². The molecule has 0 amide bonds. The highest BCUT2D eigenvalue weighted by Crippen LogP contribution is 2.38. The van der Waals surface area contributed by atoms with Gasteiger partial charge < -0.3 is 4.42 Å². The monoisotopic (exact) mass is 616 g/mol. The fourth-order valence-corrected chi connectivity index (χ4v) is 6.69. The summed E-state index contributed by atoms with van der Waals surface area (Å²) in [5.41, 5.74) is 7.50. The molecule has 0 atom stereocenters. The molecule has 5 nitrogen and oxygen atoms in total. The zero-order valence-corrected chi connectivity index (χ0v) is 25.8. The summed E-state index contributed by atoms with van der Waals surface area (Å²) in [5.74, 6) is 0.552. The van der Waals surface area contributed by atoms with E-state index in [2.05, 4.69) is 78.9 Å². The van der Waals surface area contributed by atoms with Gasteiger partial charge in [0, 0.05) is 33.3 Å². The second-order valence-corrected chi connectivity index (χ2v) is 11.9. The second-order valence-electron chi connectivity index (χ2n) is 11.9. The van der Waals surface area contributed by atoms with E-state index in [1.807, 2.05) is 89.6 Å². The van der Waals surface area contributed by atoms with Crippen LogP contribution in [0.25, 0.3) is 65.6 Å². The van der Waals surface area contributed by atoms with Crippen LogP contribution in [0, 0.1) is 5.41 Å². The van der Waals surface area contributed by atoms with Gasteiger partial charge in [0.2, 0.25) is 5.96 Å². The Kier molecular flexibility index (Phi) is 6.54. The van der Waals surface area contributed by atoms with Crippen molar-refractivity contribution in [2.24, 2.45) is 9.98 Å². The molecule has 9 aromatic rings. The van der Waals surface area contributed by atoms with Crippen LogP contribution in [0.2, 0.25) is 0 Å². The van der Waals surface area contributed by atoms with Crippen LogP contribution in [0.15, 0.2) is 172 Å². The van der Waals surface area contributed by atoms with E-state index >= 15 is 0 Å². The summed E-state index contributed by atoms with van der Waals surface area (Å²) in [6.07, 6.45) is 1.83. The highest BCUT2D eigenvalue weighted by Gasteiger charge is 2.16. The van der Waals surface area contributed by atoms with Gasteiger partial charge in [-0.15, -0.1) is 0 Å². The Morgan fingerprint density at radius 3 is 2.08 bits per heavy atom. The maximum atomic E-state index is 8.91. The maximum Gasteiger partial charge on any atom is 0.236 e. The molecule has 0 saturated carbocycles. The third-order valence-corrected chi connectivity index (χ3v) is 8.95. The quantitative estimate of drug-likeness (QED) is 0.156. The molecule has 1 N–H and O–H groups in total. The van der Waals surface area contributed by atoms with E-state index in [0.717, 1.165) is 66.0 Å². The van der Waals surface area contributed by atoms with Crippen molar-refractivity contribution in [2.45, 2.75) is 0 Å². The first-order chi connectivity index (χ1) is 23.7. The van der Waals surface area contributed by atoms with Crippen LogP contribution in [0.5, 0.6) is 0 Å². The second kappa shape index (κ2) is 11.3. The molecule has 2 heterocycles. The van der Waals surface area contributed by atoms with Gasteiger partial charge in [0.15, 0.2) is 5.84 Å². The van der Waals surface area contributed by atoms with E-state index in [9.17, 15) is 0 Å². The van der Waals surface area contributed by atoms with Gasteiger partial charge in [-0.3, -0.25) is 9.98 Å². The molecule has 7 aromatic carbocycles. The Bertz CT molecular complexity index is 2700. The Hall–Kier alpha value is -6.59. The number of nitrogens with zero attached hydrogens (tertiary/aromatic N) is 3. The molecule has 0 unspecified atom stereocenters. The molecule has 0 radical (unpaired) electrons. The van der Waals surface area contributed by atoms with Crippen molar-refractivity contribution in [3.8, 4) is 11.1 Å². The smallest absolute Gasteiger partial charge is 0.236 e. The maximum absolute atomic E-state index is 8.91. The average molecular weight is 617 g/mol. The molecule has 0 fully saturated rings. The molecular weight excluding hydrogens is 589 g/mol. The first-order valence-corrected chi connectivity index (χ1v) is 15.9. The van der Waals surface area contributed by atoms with Crippen LogP contribution in [0.1, 0.15) is 11.1 Å². The minimum Gasteiger partial charge on any atom is -0.456 e. The molecule has 0 spiro atoms. The van der Waals surface area contributed by atoms with Crippen LogP contribution >= 0.6 is 0 Å². The predicted octanol–water partition coefficient (Wildman–Crippen LogP) is 10.9. The number of furan rings is 1. The van der Waals surface area contributed by atoms with Gasteiger partial charge in [-0.2, -0.15) is 4.99 Å². The van der Waals surface area contributed by atoms with Crippen molar-refractivity contribution in [2.75, 3.05) is 0 Å². The summed E-state index contributed by atoms with van der Waals surface area (Å²) in [5, 5.41) is 15.6. The first kappa shape index (κ1) is 27.7. The molecule has 0 aliphatic rings. The Morgan fingerprint density at radius 2 is 1.29 bits per heavy atom. The van der Waals surface area contributed by atoms with Gasteiger partial charge in [0.25, 0.3) is 0 Å². The standard InChI is InChI=1S/C43H28N4O/c44-42(30-12-2-1-3-13-30)46-43(47-37-18-8-6-15-34(37)35-16-7-9-19-38(35)47)45-27-28-21-24-39-36(25-28)41-33(17-10-20-40(41)48-39)32-23-22-29-11-4-5-14-31(29)26-32/h1-27,44H. The number of para-hydroxylation sites is 2. The summed E-state index contributed by atoms with van der Waals surface area (Å²) < 4.78 is 8.38. The topological polar surface area (TPSA) is 66.6 Å². The van der Waals surface area contributed by atoms with Crippen LogP contribution in [0.4, 0.5) is 0 Å². The first-order valence-electron chi connectivity index (χ1n) is 15.9. The van der Waals surface area contributed by atoms with Crippen LogP contribution in [-0.4, -0.2) is 22.6 Å². The lowest BCUT2D eigenvalue weighted by Gasteiger charge is -2.08. The summed E-state index contributed by atoms with van der Waals surface area (Å²) in [4.78, 5) is 9.84. The lowest BCUT2D eigenvalue weighted by atomic mass is 9.97. The van der Waals surface area contributed by atoms with E-state index in [-0.39, 0.29) is 5.84 Å². The summed E-state index contributed by atoms with van der Waals surface area (Å²) in [7, 11) is 0. The number of amidine groups is 1. The van der Waals surface area contributed by atoms with E-state index in [0.29, 0.717) is 5.96 Å². The minimum atomic E-state index is 0.140. The SMILES string of the molecule is N=C(N=C(N=Cc1ccc2oc3cccc(-c4ccc5ccccc5c4)c3c2c1)n1c2ccccc2c2ccccc21)c1ccccc1. The number of hydrogen-bond acceptors (Lipinski definition) is 2. The summed E-state index contributed by atoms with van der Waals surface area (Å²) in [6, 6.07) is 53.4. The van der Waals surface area contributed by atoms with Gasteiger partial charge in [0.1, 0.15) is 11.2 Å². The molecule has 2 aromatic heterocycles. The van der Waals surface area contributed by atoms with E-state index < -0.39 is 0 Å². The number of nitrogens with one attached hydrogen (secondary N) is 1. The van der Waals surface area contributed by atoms with Gasteiger partial charge in [-0.05, 0) is 69.9 Å². The average Bonchev–Trinajstić information content (AvgIpc) is 3.69. The van der Waals surface area contributed by atoms with E-state index in [4.69, 9.17) is 19.8 Å². The van der Waals surface area contributed by atoms with Gasteiger partial charge in [-0.1, -0.05) is 115 Å². The molecule has 0 aliphatic carbocycles. The number of fused-ring (bicyclic) bond motifs is 7. The highest BCUT2D eigenvalue weighted by molar-refractivity contribution is 6.18. The Balaban J connectivity index is 1.20. The van der Waals surface area contributed by atoms with Crippen molar-refractivity contribution in [1.82, 2.24) is 4.57 Å². The molecule has 0 aliphatic heterocycles. The molecule has 48 heavy (non-hydrogen) atoms. The molecular formula is C43H28N4O. The minimum absolute atomic E-state index is 0.140. The number of hydrogen-bond donors (Lipinski definition) is 1. The van der Waals surface area contributed by atoms with Gasteiger partial charge in [-0.25, -0.2) is 4.99 Å². The van der Waals surface area contributed by atoms with Crippen molar-refractivity contribution >= 4 is 72.5 Å². The lowest BCUT2D eigenvalue weighted by molar-refractivity contribution is 0.669. The van der Waals surface area contributed by atoms with Crippen LogP contribution in [0.3, 0.4) is 0 Å². The number of aromatic nitrogens is 1. The molecule has 226 valence electrons. The lowest BCUT2D eigenvalue weighted by Crippen LogP contribution is -2.12. The van der Waals surface area contributed by atoms with Crippen LogP contribution < -0.4 is 0 Å². The summed E-state index contributed by atoms with van der Waals surface area (Å²) in [6.45, 7) is 0. The van der Waals surface area contributed by atoms with Crippen molar-refractivity contribution < 1.29 is 4.42 Å². The molecule has 5 heteroatoms. The predicted molar refractivity (Wildman–Crippen MR) is 200 cm³/mol. The highest BCUT2D eigenvalue weighted by atomic mass is 16.3. The third kappa shape index (κ3) is 4.68. The van der Waals surface area contributed by atoms with Crippen LogP contribution in [-0.2, 0) is 0 Å². The zero-order chi connectivity index (χ0) is 32.0. The molecule has 0 bridgehead atoms. The largest absolute Gasteiger partial charge is 0.456 e. The number of aliphatic imine (C=N–C) groups is 2. The Labute approximate surface area is 276 Å². The van der Waals surface area contributed by atoms with Crippen molar-refractivity contribution in [3.05, 3.63) is 169 Å². The van der Waals surface area contributed by atoms with Crippen molar-refractivity contribution in [3.63, 3.8) is 0 Å². The third-order valence-electron chi connectivity index (χ3n) is 8.95. The molecule has 0 saturated heterocycles. The van der Waals surface area contributed by atoms with Gasteiger partial charge >= 0.3 is 0 Å². The van der Waals surface area contributed by atoms with Gasteiger partial charge in [0.05, 0.1) is 11.0 Å². The summed E-state index contributed by atoms with van der Waals surface area (Å²) >= 11 is 0. The fourth-order valence-electron chi connectivity index (χ4n) is 6.69. The van der Waals surface area contributed by atoms with E-state index in [1.54, 1.807) is 0 Å². The number of benzene rings is 7. The number of rotatable bonds is 3. The Morgan fingerprint density at radius 1 is 0.583 bits per heavy atom. The molecule has 9 rings (SSSR count). The normalized spacial score (nSPS) is 12.3. The zero-order valence-electron chi connectivity index (χ0n) is 25.8.